The van der Waals surface area contributed by atoms with Crippen LogP contribution in [0.15, 0.2) is 72.8 Å². The molecule has 0 heterocycles. The Morgan fingerprint density at radius 2 is 1.04 bits per heavy atom. The van der Waals surface area contributed by atoms with Crippen LogP contribution in [0.25, 0.3) is 21.5 Å². The summed E-state index contributed by atoms with van der Waals surface area (Å²) in [7, 11) is 0. The summed E-state index contributed by atoms with van der Waals surface area (Å²) < 4.78 is 0. The SMILES string of the molecule is CC(C(=O)C(C)c1c(O)ccc2ccccc12)c1c(O)ccc2ccccc12. The highest BCUT2D eigenvalue weighted by Crippen LogP contribution is 2.40. The molecule has 0 aromatic heterocycles. The van der Waals surface area contributed by atoms with Crippen molar-refractivity contribution in [2.45, 2.75) is 25.7 Å². The molecule has 3 nitrogen and oxygen atoms in total. The van der Waals surface area contributed by atoms with Gasteiger partial charge in [-0.25, -0.2) is 0 Å². The number of fused-ring (bicyclic) bond motifs is 2. The third-order valence-corrected chi connectivity index (χ3v) is 5.61. The smallest absolute Gasteiger partial charge is 0.147 e. The highest BCUT2D eigenvalue weighted by molar-refractivity contribution is 6.01. The monoisotopic (exact) mass is 370 g/mol. The van der Waals surface area contributed by atoms with Crippen LogP contribution in [0.2, 0.25) is 0 Å². The highest BCUT2D eigenvalue weighted by atomic mass is 16.3. The predicted octanol–water partition coefficient (Wildman–Crippen LogP) is 5.88. The Bertz CT molecular complexity index is 1100. The standard InChI is InChI=1S/C25H22O3/c1-15(23-19-9-5-3-7-17(19)11-13-21(23)26)25(28)16(2)24-20-10-6-4-8-18(20)12-14-22(24)27/h3-16,26-27H,1-2H3. The summed E-state index contributed by atoms with van der Waals surface area (Å²) in [5.74, 6) is -0.833. The van der Waals surface area contributed by atoms with Crippen LogP contribution in [0.5, 0.6) is 11.5 Å². The van der Waals surface area contributed by atoms with E-state index in [0.29, 0.717) is 11.1 Å². The van der Waals surface area contributed by atoms with Crippen molar-refractivity contribution in [2.24, 2.45) is 0 Å². The molecule has 0 aliphatic heterocycles. The van der Waals surface area contributed by atoms with Gasteiger partial charge < -0.3 is 10.2 Å². The van der Waals surface area contributed by atoms with Gasteiger partial charge in [0.1, 0.15) is 17.3 Å². The van der Waals surface area contributed by atoms with Crippen molar-refractivity contribution in [1.82, 2.24) is 0 Å². The lowest BCUT2D eigenvalue weighted by molar-refractivity contribution is -0.121. The van der Waals surface area contributed by atoms with Gasteiger partial charge in [0.25, 0.3) is 0 Å². The van der Waals surface area contributed by atoms with E-state index in [1.165, 1.54) is 0 Å². The number of hydrogen-bond donors (Lipinski definition) is 2. The maximum absolute atomic E-state index is 13.4. The minimum Gasteiger partial charge on any atom is -0.508 e. The second kappa shape index (κ2) is 7.01. The van der Waals surface area contributed by atoms with Crippen LogP contribution in [0.1, 0.15) is 36.8 Å². The lowest BCUT2D eigenvalue weighted by Crippen LogP contribution is -2.17. The number of benzene rings is 4. The van der Waals surface area contributed by atoms with E-state index in [1.807, 2.05) is 74.5 Å². The number of carbonyl (C=O) groups excluding carboxylic acids is 1. The Morgan fingerprint density at radius 3 is 1.46 bits per heavy atom. The summed E-state index contributed by atoms with van der Waals surface area (Å²) in [6.45, 7) is 3.64. The van der Waals surface area contributed by atoms with Crippen molar-refractivity contribution < 1.29 is 15.0 Å². The fourth-order valence-electron chi connectivity index (χ4n) is 4.14. The number of phenolic OH excluding ortho intramolecular Hbond substituents is 2. The number of aromatic hydroxyl groups is 2. The maximum atomic E-state index is 13.4. The largest absolute Gasteiger partial charge is 0.508 e. The number of hydrogen-bond acceptors (Lipinski definition) is 3. The molecule has 4 aromatic carbocycles. The fourth-order valence-corrected chi connectivity index (χ4v) is 4.14. The molecule has 2 N–H and O–H groups in total. The normalized spacial score (nSPS) is 13.5. The molecule has 0 aliphatic carbocycles. The highest BCUT2D eigenvalue weighted by Gasteiger charge is 2.28. The van der Waals surface area contributed by atoms with E-state index < -0.39 is 11.8 Å². The van der Waals surface area contributed by atoms with Crippen LogP contribution >= 0.6 is 0 Å². The molecule has 0 saturated carbocycles. The minimum absolute atomic E-state index is 0.0432. The van der Waals surface area contributed by atoms with Crippen LogP contribution in [-0.4, -0.2) is 16.0 Å². The first kappa shape index (κ1) is 18.1. The Labute approximate surface area is 163 Å². The molecule has 2 atom stereocenters. The average Bonchev–Trinajstić information content (AvgIpc) is 2.72. The molecule has 28 heavy (non-hydrogen) atoms. The molecule has 0 aliphatic rings. The number of carbonyl (C=O) groups is 1. The fraction of sp³-hybridized carbons (Fsp3) is 0.160. The average molecular weight is 370 g/mol. The van der Waals surface area contributed by atoms with Gasteiger partial charge in [-0.3, -0.25) is 4.79 Å². The van der Waals surface area contributed by atoms with E-state index in [0.717, 1.165) is 21.5 Å². The lowest BCUT2D eigenvalue weighted by Gasteiger charge is -2.21. The third kappa shape index (κ3) is 2.89. The summed E-state index contributed by atoms with van der Waals surface area (Å²) in [6, 6.07) is 22.5. The van der Waals surface area contributed by atoms with Crippen molar-refractivity contribution in [2.75, 3.05) is 0 Å². The van der Waals surface area contributed by atoms with Crippen LogP contribution < -0.4 is 0 Å². The van der Waals surface area contributed by atoms with E-state index in [-0.39, 0.29) is 17.3 Å². The quantitative estimate of drug-likeness (QED) is 0.471. The van der Waals surface area contributed by atoms with Crippen LogP contribution in [-0.2, 0) is 4.79 Å². The van der Waals surface area contributed by atoms with Crippen molar-refractivity contribution in [3.8, 4) is 11.5 Å². The molecule has 0 amide bonds. The van der Waals surface area contributed by atoms with Gasteiger partial charge in [0.15, 0.2) is 0 Å². The minimum atomic E-state index is -0.514. The van der Waals surface area contributed by atoms with Crippen LogP contribution in [0.3, 0.4) is 0 Å². The molecule has 0 bridgehead atoms. The van der Waals surface area contributed by atoms with Crippen LogP contribution in [0.4, 0.5) is 0 Å². The second-order valence-corrected chi connectivity index (χ2v) is 7.28. The molecule has 3 heteroatoms. The van der Waals surface area contributed by atoms with Crippen LogP contribution in [0, 0.1) is 0 Å². The van der Waals surface area contributed by atoms with Gasteiger partial charge in [0, 0.05) is 23.0 Å². The number of ketones is 1. The van der Waals surface area contributed by atoms with Crippen molar-refractivity contribution >= 4 is 27.3 Å². The third-order valence-electron chi connectivity index (χ3n) is 5.61. The first-order chi connectivity index (χ1) is 13.5. The lowest BCUT2D eigenvalue weighted by atomic mass is 9.82. The van der Waals surface area contributed by atoms with Gasteiger partial charge in [-0.2, -0.15) is 0 Å². The Kier molecular flexibility index (Phi) is 4.52. The Morgan fingerprint density at radius 1 is 0.643 bits per heavy atom. The van der Waals surface area contributed by atoms with Gasteiger partial charge in [-0.1, -0.05) is 74.5 Å². The molecule has 2 unspecified atom stereocenters. The zero-order chi connectivity index (χ0) is 19.8. The summed E-state index contributed by atoms with van der Waals surface area (Å²) >= 11 is 0. The van der Waals surface area contributed by atoms with Crippen molar-refractivity contribution in [3.63, 3.8) is 0 Å². The Hall–Kier alpha value is -3.33. The number of phenols is 2. The molecule has 0 radical (unpaired) electrons. The van der Waals surface area contributed by atoms with Gasteiger partial charge in [-0.15, -0.1) is 0 Å². The van der Waals surface area contributed by atoms with E-state index >= 15 is 0 Å². The Balaban J connectivity index is 1.81. The first-order valence-electron chi connectivity index (χ1n) is 9.44. The number of rotatable bonds is 4. The number of Topliss-reactive ketones (excluding diaryl/α,β-unsaturated/α-hetero) is 1. The zero-order valence-electron chi connectivity index (χ0n) is 15.9. The second-order valence-electron chi connectivity index (χ2n) is 7.28. The molecule has 0 fully saturated rings. The summed E-state index contributed by atoms with van der Waals surface area (Å²) in [4.78, 5) is 13.4. The van der Waals surface area contributed by atoms with E-state index in [2.05, 4.69) is 0 Å². The molecular weight excluding hydrogens is 348 g/mol. The molecular formula is C25H22O3. The predicted molar refractivity (Wildman–Crippen MR) is 113 cm³/mol. The molecule has 0 saturated heterocycles. The van der Waals surface area contributed by atoms with Gasteiger partial charge in [0.05, 0.1) is 0 Å². The summed E-state index contributed by atoms with van der Waals surface area (Å²) in [6.07, 6.45) is 0. The topological polar surface area (TPSA) is 57.5 Å². The van der Waals surface area contributed by atoms with Gasteiger partial charge in [-0.05, 0) is 33.7 Å². The van der Waals surface area contributed by atoms with E-state index in [9.17, 15) is 15.0 Å². The van der Waals surface area contributed by atoms with Gasteiger partial charge >= 0.3 is 0 Å². The molecule has 4 rings (SSSR count). The van der Waals surface area contributed by atoms with Crippen molar-refractivity contribution in [3.05, 3.63) is 83.9 Å². The van der Waals surface area contributed by atoms with E-state index in [4.69, 9.17) is 0 Å². The summed E-state index contributed by atoms with van der Waals surface area (Å²) in [5.41, 5.74) is 1.27. The molecule has 0 spiro atoms. The first-order valence-corrected chi connectivity index (χ1v) is 9.44. The zero-order valence-corrected chi connectivity index (χ0v) is 15.9. The summed E-state index contributed by atoms with van der Waals surface area (Å²) in [5, 5.41) is 24.7. The van der Waals surface area contributed by atoms with Crippen molar-refractivity contribution in [1.29, 1.82) is 0 Å². The van der Waals surface area contributed by atoms with Gasteiger partial charge in [0.2, 0.25) is 0 Å². The molecule has 4 aromatic rings. The van der Waals surface area contributed by atoms with E-state index in [1.54, 1.807) is 12.1 Å². The maximum Gasteiger partial charge on any atom is 0.147 e. The molecule has 140 valence electrons.